The van der Waals surface area contributed by atoms with Crippen molar-refractivity contribution in [3.05, 3.63) is 18.0 Å². The third-order valence-electron chi connectivity index (χ3n) is 4.72. The lowest BCUT2D eigenvalue weighted by molar-refractivity contribution is -0.138. The van der Waals surface area contributed by atoms with Crippen molar-refractivity contribution in [2.75, 3.05) is 18.0 Å². The molecule has 2 fully saturated rings. The summed E-state index contributed by atoms with van der Waals surface area (Å²) in [6, 6.07) is 0. The van der Waals surface area contributed by atoms with Crippen molar-refractivity contribution in [3.8, 4) is 0 Å². The van der Waals surface area contributed by atoms with E-state index in [0.29, 0.717) is 31.4 Å². The van der Waals surface area contributed by atoms with E-state index in [1.165, 1.54) is 0 Å². The number of halogens is 3. The van der Waals surface area contributed by atoms with Crippen molar-refractivity contribution in [1.29, 1.82) is 0 Å². The van der Waals surface area contributed by atoms with Gasteiger partial charge in [-0.3, -0.25) is 4.79 Å². The molecule has 1 saturated carbocycles. The second-order valence-corrected chi connectivity index (χ2v) is 6.21. The molecular weight excluding hydrogens is 297 g/mol. The number of hydrogen-bond acceptors (Lipinski definition) is 4. The fraction of sp³-hybridized carbons (Fsp3) is 0.643. The average Bonchev–Trinajstić information content (AvgIpc) is 3.02. The van der Waals surface area contributed by atoms with Gasteiger partial charge in [0.1, 0.15) is 0 Å². The molecule has 120 valence electrons. The van der Waals surface area contributed by atoms with E-state index >= 15 is 0 Å². The summed E-state index contributed by atoms with van der Waals surface area (Å²) in [7, 11) is 0. The standard InChI is InChI=1S/C14H17F3N4O/c15-14(16,17)10-6-19-12(20-7-10)21-4-1-9(8-21)13(2-3-13)5-11(18)22/h6-7,9H,1-5,8H2,(H2,18,22)/t9-/m0/s1. The normalized spacial score (nSPS) is 23.6. The highest BCUT2D eigenvalue weighted by Crippen LogP contribution is 2.57. The first-order chi connectivity index (χ1) is 10.3. The largest absolute Gasteiger partial charge is 0.419 e. The Kier molecular flexibility index (Phi) is 3.49. The Bertz CT molecular complexity index is 568. The molecule has 1 aromatic heterocycles. The molecule has 1 aliphatic heterocycles. The minimum atomic E-state index is -4.42. The molecule has 5 nitrogen and oxygen atoms in total. The lowest BCUT2D eigenvalue weighted by Crippen LogP contribution is -2.28. The minimum Gasteiger partial charge on any atom is -0.370 e. The number of amides is 1. The van der Waals surface area contributed by atoms with Gasteiger partial charge in [0.05, 0.1) is 5.56 Å². The number of anilines is 1. The maximum absolute atomic E-state index is 12.5. The molecule has 1 aromatic rings. The molecule has 2 heterocycles. The van der Waals surface area contributed by atoms with E-state index in [1.54, 1.807) is 0 Å². The van der Waals surface area contributed by atoms with E-state index in [0.717, 1.165) is 31.7 Å². The van der Waals surface area contributed by atoms with E-state index in [4.69, 9.17) is 5.73 Å². The third-order valence-corrected chi connectivity index (χ3v) is 4.72. The summed E-state index contributed by atoms with van der Waals surface area (Å²) in [5, 5.41) is 0. The fourth-order valence-corrected chi connectivity index (χ4v) is 3.31. The number of alkyl halides is 3. The van der Waals surface area contributed by atoms with Crippen LogP contribution < -0.4 is 10.6 Å². The molecule has 3 rings (SSSR count). The summed E-state index contributed by atoms with van der Waals surface area (Å²) in [5.41, 5.74) is 4.45. The second kappa shape index (κ2) is 5.10. The zero-order chi connectivity index (χ0) is 16.0. The Morgan fingerprint density at radius 2 is 2.00 bits per heavy atom. The van der Waals surface area contributed by atoms with Crippen LogP contribution in [0.4, 0.5) is 19.1 Å². The van der Waals surface area contributed by atoms with Gasteiger partial charge < -0.3 is 10.6 Å². The van der Waals surface area contributed by atoms with Crippen molar-refractivity contribution < 1.29 is 18.0 Å². The molecule has 1 atom stereocenters. The zero-order valence-corrected chi connectivity index (χ0v) is 11.9. The van der Waals surface area contributed by atoms with Gasteiger partial charge in [0, 0.05) is 31.9 Å². The molecule has 0 radical (unpaired) electrons. The molecule has 0 bridgehead atoms. The van der Waals surface area contributed by atoms with Crippen LogP contribution >= 0.6 is 0 Å². The van der Waals surface area contributed by atoms with E-state index < -0.39 is 11.7 Å². The zero-order valence-electron chi connectivity index (χ0n) is 11.9. The van der Waals surface area contributed by atoms with Gasteiger partial charge in [0.25, 0.3) is 0 Å². The lowest BCUT2D eigenvalue weighted by Gasteiger charge is -2.22. The highest BCUT2D eigenvalue weighted by Gasteiger charge is 2.52. The summed E-state index contributed by atoms with van der Waals surface area (Å²) in [6.07, 6.45) is 0.450. The Morgan fingerprint density at radius 1 is 1.36 bits per heavy atom. The quantitative estimate of drug-likeness (QED) is 0.922. The maximum atomic E-state index is 12.5. The van der Waals surface area contributed by atoms with Crippen molar-refractivity contribution in [1.82, 2.24) is 9.97 Å². The van der Waals surface area contributed by atoms with Gasteiger partial charge in [-0.1, -0.05) is 0 Å². The van der Waals surface area contributed by atoms with Crippen molar-refractivity contribution in [3.63, 3.8) is 0 Å². The van der Waals surface area contributed by atoms with Crippen LogP contribution in [0.5, 0.6) is 0 Å². The van der Waals surface area contributed by atoms with Crippen molar-refractivity contribution in [2.24, 2.45) is 17.1 Å². The summed E-state index contributed by atoms with van der Waals surface area (Å²) in [6.45, 7) is 1.36. The van der Waals surface area contributed by atoms with Gasteiger partial charge in [-0.25, -0.2) is 9.97 Å². The van der Waals surface area contributed by atoms with E-state index in [1.807, 2.05) is 4.90 Å². The summed E-state index contributed by atoms with van der Waals surface area (Å²) in [4.78, 5) is 20.7. The van der Waals surface area contributed by atoms with Crippen LogP contribution in [0, 0.1) is 11.3 Å². The number of nitrogens with two attached hydrogens (primary N) is 1. The fourth-order valence-electron chi connectivity index (χ4n) is 3.31. The number of carbonyl (C=O) groups is 1. The van der Waals surface area contributed by atoms with E-state index in [-0.39, 0.29) is 11.3 Å². The molecule has 0 aromatic carbocycles. The summed E-state index contributed by atoms with van der Waals surface area (Å²) in [5.74, 6) is 0.345. The lowest BCUT2D eigenvalue weighted by atomic mass is 9.85. The predicted molar refractivity (Wildman–Crippen MR) is 72.8 cm³/mol. The van der Waals surface area contributed by atoms with Gasteiger partial charge >= 0.3 is 6.18 Å². The first-order valence-electron chi connectivity index (χ1n) is 7.23. The second-order valence-electron chi connectivity index (χ2n) is 6.21. The number of carbonyl (C=O) groups excluding carboxylic acids is 1. The summed E-state index contributed by atoms with van der Waals surface area (Å²) < 4.78 is 37.5. The van der Waals surface area contributed by atoms with Gasteiger partial charge in [-0.05, 0) is 30.6 Å². The Morgan fingerprint density at radius 3 is 2.50 bits per heavy atom. The highest BCUT2D eigenvalue weighted by atomic mass is 19.4. The number of rotatable bonds is 4. The van der Waals surface area contributed by atoms with Gasteiger partial charge in [-0.15, -0.1) is 0 Å². The van der Waals surface area contributed by atoms with E-state index in [2.05, 4.69) is 9.97 Å². The van der Waals surface area contributed by atoms with Gasteiger partial charge in [-0.2, -0.15) is 13.2 Å². The molecule has 2 N–H and O–H groups in total. The van der Waals surface area contributed by atoms with Crippen LogP contribution in [0.3, 0.4) is 0 Å². The number of aromatic nitrogens is 2. The van der Waals surface area contributed by atoms with Crippen LogP contribution in [0.25, 0.3) is 0 Å². The smallest absolute Gasteiger partial charge is 0.370 e. The molecular formula is C14H17F3N4O. The minimum absolute atomic E-state index is 0.00745. The average molecular weight is 314 g/mol. The number of nitrogens with zero attached hydrogens (tertiary/aromatic N) is 3. The van der Waals surface area contributed by atoms with Crippen LogP contribution in [-0.4, -0.2) is 29.0 Å². The highest BCUT2D eigenvalue weighted by molar-refractivity contribution is 5.75. The van der Waals surface area contributed by atoms with Crippen LogP contribution in [0.2, 0.25) is 0 Å². The van der Waals surface area contributed by atoms with E-state index in [9.17, 15) is 18.0 Å². The number of primary amides is 1. The maximum Gasteiger partial charge on any atom is 0.419 e. The van der Waals surface area contributed by atoms with Gasteiger partial charge in [0.15, 0.2) is 0 Å². The SMILES string of the molecule is NC(=O)CC1([C@H]2CCN(c3ncc(C(F)(F)F)cn3)C2)CC1. The van der Waals surface area contributed by atoms with Crippen LogP contribution in [0.1, 0.15) is 31.2 Å². The molecule has 1 amide bonds. The number of hydrogen-bond donors (Lipinski definition) is 1. The van der Waals surface area contributed by atoms with Crippen molar-refractivity contribution >= 4 is 11.9 Å². The van der Waals surface area contributed by atoms with Gasteiger partial charge in [0.2, 0.25) is 11.9 Å². The molecule has 8 heteroatoms. The molecule has 0 spiro atoms. The molecule has 0 unspecified atom stereocenters. The third kappa shape index (κ3) is 2.86. The van der Waals surface area contributed by atoms with Crippen molar-refractivity contribution in [2.45, 2.75) is 31.9 Å². The molecule has 1 aliphatic carbocycles. The monoisotopic (exact) mass is 314 g/mol. The van der Waals surface area contributed by atoms with Crippen LogP contribution in [-0.2, 0) is 11.0 Å². The molecule has 2 aliphatic rings. The Balaban J connectivity index is 1.67. The first kappa shape index (κ1) is 15.1. The van der Waals surface area contributed by atoms with Crippen LogP contribution in [0.15, 0.2) is 12.4 Å². The Labute approximate surface area is 125 Å². The summed E-state index contributed by atoms with van der Waals surface area (Å²) >= 11 is 0. The first-order valence-corrected chi connectivity index (χ1v) is 7.23. The molecule has 1 saturated heterocycles. The topological polar surface area (TPSA) is 72.1 Å². The molecule has 22 heavy (non-hydrogen) atoms. The predicted octanol–water partition coefficient (Wildman–Crippen LogP) is 1.98. The Hall–Kier alpha value is -1.86.